The van der Waals surface area contributed by atoms with E-state index in [1.807, 2.05) is 6.92 Å². The maximum absolute atomic E-state index is 9.52. The van der Waals surface area contributed by atoms with Crippen LogP contribution in [0.2, 0.25) is 0 Å². The highest BCUT2D eigenvalue weighted by molar-refractivity contribution is 4.69. The van der Waals surface area contributed by atoms with Gasteiger partial charge in [-0.05, 0) is 32.2 Å². The molecule has 1 aliphatic carbocycles. The molecule has 3 nitrogen and oxygen atoms in total. The molecule has 0 saturated heterocycles. The molecule has 0 aromatic heterocycles. The van der Waals surface area contributed by atoms with Crippen molar-refractivity contribution in [2.24, 2.45) is 5.92 Å². The first-order valence-corrected chi connectivity index (χ1v) is 6.29. The Kier molecular flexibility index (Phi) is 6.98. The van der Waals surface area contributed by atoms with Crippen LogP contribution in [0.25, 0.3) is 0 Å². The summed E-state index contributed by atoms with van der Waals surface area (Å²) in [6.45, 7) is 4.80. The summed E-state index contributed by atoms with van der Waals surface area (Å²) in [5, 5.41) is 12.9. The summed E-state index contributed by atoms with van der Waals surface area (Å²) in [4.78, 5) is 0. The Bertz CT molecular complexity index is 147. The first-order valence-electron chi connectivity index (χ1n) is 6.29. The molecule has 15 heavy (non-hydrogen) atoms. The number of hydrogen-bond acceptors (Lipinski definition) is 3. The van der Waals surface area contributed by atoms with Crippen molar-refractivity contribution in [1.29, 1.82) is 0 Å². The van der Waals surface area contributed by atoms with Crippen LogP contribution in [0.4, 0.5) is 0 Å². The molecular weight excluding hydrogens is 190 g/mol. The third-order valence-electron chi connectivity index (χ3n) is 3.05. The maximum atomic E-state index is 9.52. The lowest BCUT2D eigenvalue weighted by Gasteiger charge is -2.22. The zero-order valence-corrected chi connectivity index (χ0v) is 9.87. The summed E-state index contributed by atoms with van der Waals surface area (Å²) in [5.41, 5.74) is 0. The number of hydrogen-bond donors (Lipinski definition) is 2. The summed E-state index contributed by atoms with van der Waals surface area (Å²) in [6, 6.07) is 0. The Labute approximate surface area is 93.2 Å². The molecule has 0 amide bonds. The van der Waals surface area contributed by atoms with Crippen LogP contribution in [0.1, 0.15) is 39.0 Å². The van der Waals surface area contributed by atoms with Gasteiger partial charge in [-0.1, -0.05) is 19.3 Å². The van der Waals surface area contributed by atoms with E-state index in [0.717, 1.165) is 12.5 Å². The largest absolute Gasteiger partial charge is 0.389 e. The average molecular weight is 215 g/mol. The fraction of sp³-hybridized carbons (Fsp3) is 1.00. The van der Waals surface area contributed by atoms with Gasteiger partial charge in [0.25, 0.3) is 0 Å². The van der Waals surface area contributed by atoms with Crippen molar-refractivity contribution in [3.8, 4) is 0 Å². The van der Waals surface area contributed by atoms with E-state index in [9.17, 15) is 5.11 Å². The number of rotatable bonds is 7. The Balaban J connectivity index is 1.94. The van der Waals surface area contributed by atoms with E-state index in [2.05, 4.69) is 5.32 Å². The van der Waals surface area contributed by atoms with Crippen LogP contribution in [0, 0.1) is 5.92 Å². The number of aliphatic hydroxyl groups excluding tert-OH is 1. The molecule has 0 aromatic rings. The minimum Gasteiger partial charge on any atom is -0.389 e. The zero-order chi connectivity index (χ0) is 10.9. The highest BCUT2D eigenvalue weighted by Crippen LogP contribution is 2.22. The van der Waals surface area contributed by atoms with Crippen LogP contribution in [0.5, 0.6) is 0 Å². The quantitative estimate of drug-likeness (QED) is 0.677. The van der Waals surface area contributed by atoms with Crippen LogP contribution >= 0.6 is 0 Å². The monoisotopic (exact) mass is 215 g/mol. The van der Waals surface area contributed by atoms with Gasteiger partial charge in [-0.25, -0.2) is 0 Å². The Morgan fingerprint density at radius 3 is 2.73 bits per heavy atom. The second-order valence-electron chi connectivity index (χ2n) is 4.48. The Hall–Kier alpha value is -0.120. The van der Waals surface area contributed by atoms with Crippen LogP contribution in [-0.2, 0) is 4.74 Å². The number of nitrogens with one attached hydrogen (secondary N) is 1. The van der Waals surface area contributed by atoms with Gasteiger partial charge in [0.2, 0.25) is 0 Å². The third-order valence-corrected chi connectivity index (χ3v) is 3.05. The fourth-order valence-corrected chi connectivity index (χ4v) is 2.16. The van der Waals surface area contributed by atoms with Crippen molar-refractivity contribution >= 4 is 0 Å². The second-order valence-corrected chi connectivity index (χ2v) is 4.48. The predicted octanol–water partition coefficient (Wildman–Crippen LogP) is 1.55. The van der Waals surface area contributed by atoms with E-state index >= 15 is 0 Å². The summed E-state index contributed by atoms with van der Waals surface area (Å²) < 4.78 is 5.15. The predicted molar refractivity (Wildman–Crippen MR) is 61.9 cm³/mol. The minimum absolute atomic E-state index is 0.353. The van der Waals surface area contributed by atoms with Crippen molar-refractivity contribution in [3.05, 3.63) is 0 Å². The molecule has 90 valence electrons. The summed E-state index contributed by atoms with van der Waals surface area (Å²) in [5.74, 6) is 0.832. The standard InChI is InChI=1S/C12H25NO2/c1-2-15-10-12(14)9-13-8-11-6-4-3-5-7-11/h11-14H,2-10H2,1H3. The van der Waals surface area contributed by atoms with Crippen molar-refractivity contribution in [3.63, 3.8) is 0 Å². The summed E-state index contributed by atoms with van der Waals surface area (Å²) in [7, 11) is 0. The molecule has 1 saturated carbocycles. The van der Waals surface area contributed by atoms with E-state index in [0.29, 0.717) is 19.8 Å². The number of aliphatic hydroxyl groups is 1. The lowest BCUT2D eigenvalue weighted by atomic mass is 9.89. The van der Waals surface area contributed by atoms with Gasteiger partial charge in [0.05, 0.1) is 12.7 Å². The minimum atomic E-state index is -0.353. The van der Waals surface area contributed by atoms with Gasteiger partial charge in [-0.15, -0.1) is 0 Å². The molecule has 0 aromatic carbocycles. The molecule has 2 N–H and O–H groups in total. The molecule has 0 heterocycles. The molecule has 1 aliphatic rings. The summed E-state index contributed by atoms with van der Waals surface area (Å²) >= 11 is 0. The molecule has 0 aliphatic heterocycles. The van der Waals surface area contributed by atoms with Gasteiger partial charge in [-0.3, -0.25) is 0 Å². The first kappa shape index (κ1) is 12.9. The van der Waals surface area contributed by atoms with E-state index in [1.54, 1.807) is 0 Å². The highest BCUT2D eigenvalue weighted by Gasteiger charge is 2.13. The van der Waals surface area contributed by atoms with Gasteiger partial charge in [0.1, 0.15) is 0 Å². The molecule has 0 spiro atoms. The summed E-state index contributed by atoms with van der Waals surface area (Å²) in [6.07, 6.45) is 6.53. The van der Waals surface area contributed by atoms with Crippen LogP contribution in [0.3, 0.4) is 0 Å². The molecule has 1 unspecified atom stereocenters. The van der Waals surface area contributed by atoms with E-state index < -0.39 is 0 Å². The topological polar surface area (TPSA) is 41.5 Å². The van der Waals surface area contributed by atoms with Crippen LogP contribution in [0.15, 0.2) is 0 Å². The third kappa shape index (κ3) is 6.13. The van der Waals surface area contributed by atoms with Crippen molar-refractivity contribution in [1.82, 2.24) is 5.32 Å². The van der Waals surface area contributed by atoms with Crippen molar-refractivity contribution < 1.29 is 9.84 Å². The van der Waals surface area contributed by atoms with Crippen molar-refractivity contribution in [2.75, 3.05) is 26.3 Å². The second kappa shape index (κ2) is 8.08. The smallest absolute Gasteiger partial charge is 0.0897 e. The maximum Gasteiger partial charge on any atom is 0.0897 e. The van der Waals surface area contributed by atoms with Crippen molar-refractivity contribution in [2.45, 2.75) is 45.1 Å². The van der Waals surface area contributed by atoms with Crippen LogP contribution < -0.4 is 5.32 Å². The van der Waals surface area contributed by atoms with Gasteiger partial charge < -0.3 is 15.2 Å². The molecule has 1 fully saturated rings. The van der Waals surface area contributed by atoms with Gasteiger partial charge in [-0.2, -0.15) is 0 Å². The molecule has 1 atom stereocenters. The molecule has 0 radical (unpaired) electrons. The van der Waals surface area contributed by atoms with Crippen LogP contribution in [-0.4, -0.2) is 37.5 Å². The fourth-order valence-electron chi connectivity index (χ4n) is 2.16. The molecule has 3 heteroatoms. The molecule has 1 rings (SSSR count). The normalized spacial score (nSPS) is 20.4. The van der Waals surface area contributed by atoms with Gasteiger partial charge >= 0.3 is 0 Å². The SMILES string of the molecule is CCOCC(O)CNCC1CCCCC1. The van der Waals surface area contributed by atoms with E-state index in [1.165, 1.54) is 32.1 Å². The van der Waals surface area contributed by atoms with Gasteiger partial charge in [0.15, 0.2) is 0 Å². The highest BCUT2D eigenvalue weighted by atomic mass is 16.5. The van der Waals surface area contributed by atoms with Gasteiger partial charge in [0, 0.05) is 13.2 Å². The lowest BCUT2D eigenvalue weighted by Crippen LogP contribution is -2.34. The number of ether oxygens (including phenoxy) is 1. The Morgan fingerprint density at radius 2 is 2.07 bits per heavy atom. The van der Waals surface area contributed by atoms with E-state index in [-0.39, 0.29) is 6.10 Å². The first-order chi connectivity index (χ1) is 7.33. The van der Waals surface area contributed by atoms with E-state index in [4.69, 9.17) is 4.74 Å². The molecule has 0 bridgehead atoms. The average Bonchev–Trinajstić information content (AvgIpc) is 2.28. The lowest BCUT2D eigenvalue weighted by molar-refractivity contribution is 0.0422. The molecular formula is C12H25NO2. The Morgan fingerprint density at radius 1 is 1.33 bits per heavy atom. The zero-order valence-electron chi connectivity index (χ0n) is 9.87.